The first-order valence-electron chi connectivity index (χ1n) is 4.00. The van der Waals surface area contributed by atoms with E-state index in [-0.39, 0.29) is 0 Å². The molecule has 1 unspecified atom stereocenters. The molecular weight excluding hydrogens is 186 g/mol. The van der Waals surface area contributed by atoms with Gasteiger partial charge in [-0.1, -0.05) is 0 Å². The summed E-state index contributed by atoms with van der Waals surface area (Å²) in [4.78, 5) is 2.87. The summed E-state index contributed by atoms with van der Waals surface area (Å²) in [5.74, 6) is 1.35. The van der Waals surface area contributed by atoms with Gasteiger partial charge in [-0.2, -0.15) is 0 Å². The molecule has 0 aliphatic carbocycles. The Kier molecular flexibility index (Phi) is 2.00. The largest absolute Gasteiger partial charge is 0.497 e. The van der Waals surface area contributed by atoms with Crippen LogP contribution < -0.4 is 9.64 Å². The number of nitrogens with zero attached hydrogens (tertiary/aromatic N) is 1. The third-order valence-electron chi connectivity index (χ3n) is 2.13. The van der Waals surface area contributed by atoms with Crippen LogP contribution in [-0.4, -0.2) is 24.2 Å². The van der Waals surface area contributed by atoms with Crippen molar-refractivity contribution in [3.63, 3.8) is 0 Å². The first-order valence-corrected chi connectivity index (χ1v) is 5.32. The molecule has 0 fully saturated rings. The van der Waals surface area contributed by atoms with Gasteiger partial charge in [0.15, 0.2) is 0 Å². The number of ether oxygens (including phenoxy) is 1. The molecule has 1 aliphatic heterocycles. The third-order valence-corrected chi connectivity index (χ3v) is 3.57. The molecule has 2 rings (SSSR count). The summed E-state index contributed by atoms with van der Waals surface area (Å²) >= 11 is 0. The minimum Gasteiger partial charge on any atom is -0.497 e. The molecular formula is C9H11NO2S. The topological polar surface area (TPSA) is 29.5 Å². The second-order valence-corrected chi connectivity index (χ2v) is 4.40. The SMILES string of the molecule is COc1ccc2c(c1)S(=O)CN2C. The number of hydrogen-bond donors (Lipinski definition) is 0. The Morgan fingerprint density at radius 1 is 1.54 bits per heavy atom. The molecule has 13 heavy (non-hydrogen) atoms. The molecule has 0 N–H and O–H groups in total. The summed E-state index contributed by atoms with van der Waals surface area (Å²) in [6.07, 6.45) is 0. The molecule has 1 aliphatic rings. The predicted molar refractivity (Wildman–Crippen MR) is 52.7 cm³/mol. The van der Waals surface area contributed by atoms with Gasteiger partial charge in [-0.3, -0.25) is 4.21 Å². The average Bonchev–Trinajstić information content (AvgIpc) is 2.42. The van der Waals surface area contributed by atoms with Gasteiger partial charge in [-0.15, -0.1) is 0 Å². The van der Waals surface area contributed by atoms with Gasteiger partial charge in [0.1, 0.15) is 5.75 Å². The first-order chi connectivity index (χ1) is 6.22. The van der Waals surface area contributed by atoms with E-state index < -0.39 is 10.8 Å². The summed E-state index contributed by atoms with van der Waals surface area (Å²) in [6, 6.07) is 5.67. The summed E-state index contributed by atoms with van der Waals surface area (Å²) in [5.41, 5.74) is 1.04. The molecule has 70 valence electrons. The van der Waals surface area contributed by atoms with Crippen molar-refractivity contribution in [1.82, 2.24) is 0 Å². The van der Waals surface area contributed by atoms with Crippen molar-refractivity contribution in [1.29, 1.82) is 0 Å². The van der Waals surface area contributed by atoms with Crippen molar-refractivity contribution in [2.75, 3.05) is 24.9 Å². The zero-order valence-corrected chi connectivity index (χ0v) is 8.43. The lowest BCUT2D eigenvalue weighted by atomic mass is 10.3. The predicted octanol–water partition coefficient (Wildman–Crippen LogP) is 1.21. The molecule has 1 aromatic carbocycles. The van der Waals surface area contributed by atoms with Gasteiger partial charge in [0.2, 0.25) is 0 Å². The van der Waals surface area contributed by atoms with Gasteiger partial charge >= 0.3 is 0 Å². The minimum atomic E-state index is -0.894. The molecule has 0 spiro atoms. The number of anilines is 1. The van der Waals surface area contributed by atoms with Crippen LogP contribution in [0.3, 0.4) is 0 Å². The standard InChI is InChI=1S/C9H11NO2S/c1-10-6-13(11)9-5-7(12-2)3-4-8(9)10/h3-5H,6H2,1-2H3. The Bertz CT molecular complexity index is 365. The molecule has 0 amide bonds. The van der Waals surface area contributed by atoms with Gasteiger partial charge in [-0.05, 0) is 18.2 Å². The van der Waals surface area contributed by atoms with E-state index in [1.807, 2.05) is 30.1 Å². The molecule has 0 radical (unpaired) electrons. The van der Waals surface area contributed by atoms with Crippen molar-refractivity contribution >= 4 is 16.5 Å². The average molecular weight is 197 g/mol. The maximum Gasteiger partial charge on any atom is 0.120 e. The van der Waals surface area contributed by atoms with Gasteiger partial charge in [0.25, 0.3) is 0 Å². The molecule has 4 heteroatoms. The number of rotatable bonds is 1. The Morgan fingerprint density at radius 2 is 2.31 bits per heavy atom. The van der Waals surface area contributed by atoms with Crippen LogP contribution in [0.15, 0.2) is 23.1 Å². The van der Waals surface area contributed by atoms with E-state index in [1.54, 1.807) is 7.11 Å². The van der Waals surface area contributed by atoms with Crippen LogP contribution >= 0.6 is 0 Å². The van der Waals surface area contributed by atoms with Crippen LogP contribution in [0.25, 0.3) is 0 Å². The highest BCUT2D eigenvalue weighted by Gasteiger charge is 2.22. The maximum absolute atomic E-state index is 11.6. The lowest BCUT2D eigenvalue weighted by molar-refractivity contribution is 0.413. The lowest BCUT2D eigenvalue weighted by Crippen LogP contribution is -2.13. The molecule has 1 aromatic rings. The Hall–Kier alpha value is -1.03. The van der Waals surface area contributed by atoms with Crippen LogP contribution in [0.2, 0.25) is 0 Å². The van der Waals surface area contributed by atoms with E-state index in [0.29, 0.717) is 5.88 Å². The molecule has 1 heterocycles. The van der Waals surface area contributed by atoms with E-state index in [4.69, 9.17) is 4.74 Å². The Morgan fingerprint density at radius 3 is 3.00 bits per heavy atom. The highest BCUT2D eigenvalue weighted by atomic mass is 32.2. The van der Waals surface area contributed by atoms with Crippen LogP contribution in [0.1, 0.15) is 0 Å². The Labute approximate surface area is 79.8 Å². The fourth-order valence-electron chi connectivity index (χ4n) is 1.43. The number of methoxy groups -OCH3 is 1. The van der Waals surface area contributed by atoms with E-state index in [0.717, 1.165) is 16.3 Å². The van der Waals surface area contributed by atoms with E-state index in [1.165, 1.54) is 0 Å². The summed E-state index contributed by atoms with van der Waals surface area (Å²) in [7, 11) is 2.66. The molecule has 0 aromatic heterocycles. The zero-order chi connectivity index (χ0) is 9.42. The molecule has 1 atom stereocenters. The van der Waals surface area contributed by atoms with Crippen molar-refractivity contribution in [2.45, 2.75) is 4.90 Å². The smallest absolute Gasteiger partial charge is 0.120 e. The van der Waals surface area contributed by atoms with Crippen LogP contribution in [0.4, 0.5) is 5.69 Å². The second-order valence-electron chi connectivity index (χ2n) is 3.01. The number of benzene rings is 1. The van der Waals surface area contributed by atoms with Crippen LogP contribution in [0.5, 0.6) is 5.75 Å². The van der Waals surface area contributed by atoms with E-state index >= 15 is 0 Å². The number of hydrogen-bond acceptors (Lipinski definition) is 3. The first kappa shape index (κ1) is 8.56. The van der Waals surface area contributed by atoms with Crippen LogP contribution in [0, 0.1) is 0 Å². The maximum atomic E-state index is 11.6. The van der Waals surface area contributed by atoms with Gasteiger partial charge in [0, 0.05) is 7.05 Å². The summed E-state index contributed by atoms with van der Waals surface area (Å²) < 4.78 is 16.6. The Balaban J connectivity index is 2.52. The molecule has 0 saturated heterocycles. The van der Waals surface area contributed by atoms with Crippen LogP contribution in [-0.2, 0) is 10.8 Å². The fourth-order valence-corrected chi connectivity index (χ4v) is 2.77. The van der Waals surface area contributed by atoms with Crippen molar-refractivity contribution < 1.29 is 8.95 Å². The number of fused-ring (bicyclic) bond motifs is 1. The molecule has 3 nitrogen and oxygen atoms in total. The van der Waals surface area contributed by atoms with Crippen molar-refractivity contribution in [3.05, 3.63) is 18.2 Å². The summed E-state index contributed by atoms with van der Waals surface area (Å²) in [6.45, 7) is 0. The van der Waals surface area contributed by atoms with Gasteiger partial charge in [0.05, 0.1) is 34.4 Å². The third kappa shape index (κ3) is 1.31. The monoisotopic (exact) mass is 197 g/mol. The van der Waals surface area contributed by atoms with Gasteiger partial charge < -0.3 is 9.64 Å². The molecule has 0 bridgehead atoms. The van der Waals surface area contributed by atoms with Gasteiger partial charge in [-0.25, -0.2) is 0 Å². The highest BCUT2D eigenvalue weighted by Crippen LogP contribution is 2.32. The fraction of sp³-hybridized carbons (Fsp3) is 0.333. The minimum absolute atomic E-state index is 0.586. The normalized spacial score (nSPS) is 20.2. The quantitative estimate of drug-likeness (QED) is 0.677. The van der Waals surface area contributed by atoms with E-state index in [2.05, 4.69) is 0 Å². The highest BCUT2D eigenvalue weighted by molar-refractivity contribution is 7.85. The summed E-state index contributed by atoms with van der Waals surface area (Å²) in [5, 5.41) is 0. The van der Waals surface area contributed by atoms with E-state index in [9.17, 15) is 4.21 Å². The zero-order valence-electron chi connectivity index (χ0n) is 7.61. The van der Waals surface area contributed by atoms with Crippen molar-refractivity contribution in [3.8, 4) is 5.75 Å². The lowest BCUT2D eigenvalue weighted by Gasteiger charge is -2.09. The van der Waals surface area contributed by atoms with Crippen molar-refractivity contribution in [2.24, 2.45) is 0 Å². The second kappa shape index (κ2) is 3.03. The molecule has 0 saturated carbocycles.